The Labute approximate surface area is 128 Å². The van der Waals surface area contributed by atoms with E-state index in [2.05, 4.69) is 0 Å². The SMILES string of the molecule is CN(CC(=O)O)C(=N)N.O=C(O)CC(O)(C(=O)O)C(O)C(=O)O. The Bertz CT molecular complexity index is 493. The van der Waals surface area contributed by atoms with Crippen molar-refractivity contribution in [1.82, 2.24) is 4.90 Å². The third-order valence-electron chi connectivity index (χ3n) is 2.26. The van der Waals surface area contributed by atoms with Gasteiger partial charge in [0.15, 0.2) is 12.1 Å². The van der Waals surface area contributed by atoms with E-state index in [-0.39, 0.29) is 12.5 Å². The lowest BCUT2D eigenvalue weighted by Gasteiger charge is -2.23. The van der Waals surface area contributed by atoms with E-state index in [0.717, 1.165) is 4.90 Å². The van der Waals surface area contributed by atoms with Crippen molar-refractivity contribution in [3.8, 4) is 0 Å². The lowest BCUT2D eigenvalue weighted by atomic mass is 9.93. The molecule has 132 valence electrons. The number of likely N-dealkylation sites (N-methyl/N-ethyl adjacent to an activating group) is 1. The fourth-order valence-corrected chi connectivity index (χ4v) is 1.01. The highest BCUT2D eigenvalue weighted by molar-refractivity contribution is 5.90. The Morgan fingerprint density at radius 1 is 1.13 bits per heavy atom. The van der Waals surface area contributed by atoms with Crippen LogP contribution >= 0.6 is 0 Å². The van der Waals surface area contributed by atoms with Gasteiger partial charge in [0.05, 0.1) is 6.42 Å². The second-order valence-corrected chi connectivity index (χ2v) is 4.18. The van der Waals surface area contributed by atoms with Gasteiger partial charge in [0.2, 0.25) is 5.60 Å². The molecular weight excluding hydrogens is 322 g/mol. The zero-order valence-corrected chi connectivity index (χ0v) is 11.8. The van der Waals surface area contributed by atoms with Crippen molar-refractivity contribution in [2.75, 3.05) is 13.6 Å². The van der Waals surface area contributed by atoms with Crippen molar-refractivity contribution in [3.63, 3.8) is 0 Å². The summed E-state index contributed by atoms with van der Waals surface area (Å²) < 4.78 is 0. The van der Waals surface area contributed by atoms with Gasteiger partial charge in [0, 0.05) is 7.05 Å². The van der Waals surface area contributed by atoms with E-state index >= 15 is 0 Å². The van der Waals surface area contributed by atoms with Crippen LogP contribution < -0.4 is 5.73 Å². The van der Waals surface area contributed by atoms with Crippen LogP contribution in [-0.4, -0.2) is 90.7 Å². The second kappa shape index (κ2) is 9.16. The van der Waals surface area contributed by atoms with Gasteiger partial charge >= 0.3 is 23.9 Å². The molecule has 0 rings (SSSR count). The summed E-state index contributed by atoms with van der Waals surface area (Å²) in [6, 6.07) is 0. The maximum Gasteiger partial charge on any atom is 0.339 e. The van der Waals surface area contributed by atoms with E-state index in [0.29, 0.717) is 0 Å². The maximum absolute atomic E-state index is 10.4. The highest BCUT2D eigenvalue weighted by atomic mass is 16.4. The average molecular weight is 339 g/mol. The van der Waals surface area contributed by atoms with Gasteiger partial charge in [-0.3, -0.25) is 15.0 Å². The van der Waals surface area contributed by atoms with Gasteiger partial charge in [-0.15, -0.1) is 0 Å². The smallest absolute Gasteiger partial charge is 0.339 e. The molecule has 0 aromatic heterocycles. The molecule has 0 bridgehead atoms. The lowest BCUT2D eigenvalue weighted by molar-refractivity contribution is -0.187. The molecule has 0 amide bonds. The summed E-state index contributed by atoms with van der Waals surface area (Å²) in [5.74, 6) is -7.11. The van der Waals surface area contributed by atoms with Crippen molar-refractivity contribution < 1.29 is 49.8 Å². The number of nitrogens with two attached hydrogens (primary N) is 1. The summed E-state index contributed by atoms with van der Waals surface area (Å²) in [6.07, 6.45) is -4.11. The molecule has 0 heterocycles. The summed E-state index contributed by atoms with van der Waals surface area (Å²) in [4.78, 5) is 41.7. The van der Waals surface area contributed by atoms with E-state index in [1.165, 1.54) is 7.05 Å². The van der Waals surface area contributed by atoms with Crippen LogP contribution in [0.2, 0.25) is 0 Å². The number of aliphatic carboxylic acids is 4. The number of hydrogen-bond donors (Lipinski definition) is 8. The first-order chi connectivity index (χ1) is 10.3. The minimum atomic E-state index is -3.22. The number of hydrogen-bond acceptors (Lipinski definition) is 7. The molecule has 0 saturated heterocycles. The first kappa shape index (κ1) is 22.4. The summed E-state index contributed by atoms with van der Waals surface area (Å²) in [6.45, 7) is -0.227. The van der Waals surface area contributed by atoms with Gasteiger partial charge < -0.3 is 41.3 Å². The Morgan fingerprint density at radius 3 is 1.74 bits per heavy atom. The summed E-state index contributed by atoms with van der Waals surface area (Å²) >= 11 is 0. The Kier molecular flexibility index (Phi) is 8.90. The predicted octanol–water partition coefficient (Wildman–Crippen LogP) is -3.38. The highest BCUT2D eigenvalue weighted by Crippen LogP contribution is 2.16. The van der Waals surface area contributed by atoms with Crippen molar-refractivity contribution in [1.29, 1.82) is 5.41 Å². The normalized spacial score (nSPS) is 13.5. The molecule has 0 aliphatic carbocycles. The van der Waals surface area contributed by atoms with E-state index < -0.39 is 42.0 Å². The molecule has 0 aromatic rings. The average Bonchev–Trinajstić information content (AvgIpc) is 2.36. The fourth-order valence-electron chi connectivity index (χ4n) is 1.01. The molecule has 0 fully saturated rings. The maximum atomic E-state index is 10.4. The third-order valence-corrected chi connectivity index (χ3v) is 2.26. The molecule has 0 spiro atoms. The van der Waals surface area contributed by atoms with Gasteiger partial charge in [-0.1, -0.05) is 0 Å². The van der Waals surface area contributed by atoms with E-state index in [9.17, 15) is 19.2 Å². The molecule has 9 N–H and O–H groups in total. The first-order valence-corrected chi connectivity index (χ1v) is 5.61. The van der Waals surface area contributed by atoms with Crippen LogP contribution in [0.15, 0.2) is 0 Å². The molecule has 0 saturated carbocycles. The van der Waals surface area contributed by atoms with Gasteiger partial charge in [-0.05, 0) is 0 Å². The van der Waals surface area contributed by atoms with Crippen LogP contribution in [0.25, 0.3) is 0 Å². The minimum Gasteiger partial charge on any atom is -0.481 e. The highest BCUT2D eigenvalue weighted by Gasteiger charge is 2.49. The second-order valence-electron chi connectivity index (χ2n) is 4.18. The third kappa shape index (κ3) is 8.18. The number of aliphatic hydroxyl groups excluding tert-OH is 1. The zero-order chi connectivity index (χ0) is 19.0. The van der Waals surface area contributed by atoms with Crippen LogP contribution in [0.1, 0.15) is 6.42 Å². The molecule has 13 heteroatoms. The topological polar surface area (TPSA) is 243 Å². The molecule has 0 radical (unpaired) electrons. The predicted molar refractivity (Wildman–Crippen MR) is 70.7 cm³/mol. The van der Waals surface area contributed by atoms with E-state index in [1.807, 2.05) is 0 Å². The van der Waals surface area contributed by atoms with Crippen molar-refractivity contribution in [3.05, 3.63) is 0 Å². The van der Waals surface area contributed by atoms with Crippen LogP contribution in [-0.2, 0) is 19.2 Å². The number of carbonyl (C=O) groups is 4. The molecule has 0 aliphatic heterocycles. The molecule has 2 atom stereocenters. The Balaban J connectivity index is 0. The number of nitrogens with zero attached hydrogens (tertiary/aromatic N) is 1. The largest absolute Gasteiger partial charge is 0.481 e. The molecule has 2 unspecified atom stereocenters. The Hall–Kier alpha value is -2.93. The Morgan fingerprint density at radius 2 is 1.57 bits per heavy atom. The van der Waals surface area contributed by atoms with Gasteiger partial charge in [-0.25, -0.2) is 9.59 Å². The minimum absolute atomic E-state index is 0.227. The molecule has 13 nitrogen and oxygen atoms in total. The van der Waals surface area contributed by atoms with Gasteiger partial charge in [0.1, 0.15) is 6.54 Å². The summed E-state index contributed by atoms with van der Waals surface area (Å²) in [5, 5.41) is 57.5. The lowest BCUT2D eigenvalue weighted by Crippen LogP contribution is -2.54. The zero-order valence-electron chi connectivity index (χ0n) is 11.8. The number of carboxylic acids is 4. The van der Waals surface area contributed by atoms with Crippen molar-refractivity contribution in [2.24, 2.45) is 5.73 Å². The van der Waals surface area contributed by atoms with Crippen LogP contribution in [0.3, 0.4) is 0 Å². The molecular formula is C10H17N3O10. The number of carboxylic acid groups (broad SMARTS) is 4. The summed E-state index contributed by atoms with van der Waals surface area (Å²) in [5.41, 5.74) is 1.71. The van der Waals surface area contributed by atoms with Gasteiger partial charge in [0.25, 0.3) is 0 Å². The quantitative estimate of drug-likeness (QED) is 0.167. The number of rotatable bonds is 7. The number of guanidine groups is 1. The summed E-state index contributed by atoms with van der Waals surface area (Å²) in [7, 11) is 1.44. The number of nitrogens with one attached hydrogen (secondary N) is 1. The first-order valence-electron chi connectivity index (χ1n) is 5.61. The van der Waals surface area contributed by atoms with E-state index in [4.69, 9.17) is 41.8 Å². The van der Waals surface area contributed by atoms with Crippen LogP contribution in [0.4, 0.5) is 0 Å². The standard InChI is InChI=1S/C6H8O8.C4H9N3O2/c7-2(8)1-6(14,5(12)13)3(9)4(10)11;1-7(4(5)6)2-3(8)9/h3,9,14H,1H2,(H,7,8)(H,10,11)(H,12,13);2H2,1H3,(H3,5,6)(H,8,9). The molecule has 23 heavy (non-hydrogen) atoms. The van der Waals surface area contributed by atoms with Crippen LogP contribution in [0, 0.1) is 5.41 Å². The molecule has 0 aliphatic rings. The molecule has 0 aromatic carbocycles. The monoisotopic (exact) mass is 339 g/mol. The van der Waals surface area contributed by atoms with Gasteiger partial charge in [-0.2, -0.15) is 0 Å². The van der Waals surface area contributed by atoms with Crippen molar-refractivity contribution >= 4 is 29.8 Å². The van der Waals surface area contributed by atoms with E-state index in [1.54, 1.807) is 0 Å². The fraction of sp³-hybridized carbons (Fsp3) is 0.500. The van der Waals surface area contributed by atoms with Crippen LogP contribution in [0.5, 0.6) is 0 Å². The number of aliphatic hydroxyl groups is 2. The van der Waals surface area contributed by atoms with Crippen molar-refractivity contribution in [2.45, 2.75) is 18.1 Å².